The van der Waals surface area contributed by atoms with Crippen LogP contribution in [0.25, 0.3) is 0 Å². The zero-order valence-electron chi connectivity index (χ0n) is 12.7. The van der Waals surface area contributed by atoms with Crippen molar-refractivity contribution in [2.45, 2.75) is 19.1 Å². The Morgan fingerprint density at radius 1 is 1.22 bits per heavy atom. The fourth-order valence-electron chi connectivity index (χ4n) is 1.99. The van der Waals surface area contributed by atoms with Gasteiger partial charge in [0, 0.05) is 17.6 Å². The average Bonchev–Trinajstić information content (AvgIpc) is 2.52. The first-order valence-corrected chi connectivity index (χ1v) is 7.47. The van der Waals surface area contributed by atoms with E-state index < -0.39 is 6.10 Å². The Balaban J connectivity index is 0.00000264. The third-order valence-corrected chi connectivity index (χ3v) is 3.50. The summed E-state index contributed by atoms with van der Waals surface area (Å²) in [6.45, 7) is 2.52. The van der Waals surface area contributed by atoms with E-state index in [0.717, 1.165) is 5.56 Å². The SMILES string of the molecule is CC(NCC(O)COc1ccc(F)cc1)c1cccc(Cl)c1.Cl. The molecule has 23 heavy (non-hydrogen) atoms. The van der Waals surface area contributed by atoms with Gasteiger partial charge in [-0.1, -0.05) is 23.7 Å². The Bertz CT molecular complexity index is 595. The van der Waals surface area contributed by atoms with Gasteiger partial charge in [-0.25, -0.2) is 4.39 Å². The molecule has 2 unspecified atom stereocenters. The van der Waals surface area contributed by atoms with Crippen molar-refractivity contribution in [1.29, 1.82) is 0 Å². The molecule has 0 amide bonds. The van der Waals surface area contributed by atoms with Gasteiger partial charge in [-0.15, -0.1) is 12.4 Å². The first-order valence-electron chi connectivity index (χ1n) is 7.10. The molecule has 2 N–H and O–H groups in total. The average molecular weight is 360 g/mol. The van der Waals surface area contributed by atoms with Crippen molar-refractivity contribution in [1.82, 2.24) is 5.32 Å². The van der Waals surface area contributed by atoms with Crippen LogP contribution in [0.5, 0.6) is 5.75 Å². The summed E-state index contributed by atoms with van der Waals surface area (Å²) < 4.78 is 18.2. The van der Waals surface area contributed by atoms with Crippen LogP contribution in [0.4, 0.5) is 4.39 Å². The van der Waals surface area contributed by atoms with Gasteiger partial charge in [0.2, 0.25) is 0 Å². The van der Waals surface area contributed by atoms with E-state index in [2.05, 4.69) is 5.32 Å². The van der Waals surface area contributed by atoms with Crippen LogP contribution in [-0.4, -0.2) is 24.4 Å². The van der Waals surface area contributed by atoms with Crippen LogP contribution in [0.1, 0.15) is 18.5 Å². The number of halogens is 3. The summed E-state index contributed by atoms with van der Waals surface area (Å²) in [5, 5.41) is 13.8. The predicted octanol–water partition coefficient (Wildman–Crippen LogP) is 3.99. The lowest BCUT2D eigenvalue weighted by Gasteiger charge is -2.18. The molecule has 0 heterocycles. The van der Waals surface area contributed by atoms with E-state index in [1.54, 1.807) is 0 Å². The first-order chi connectivity index (χ1) is 10.5. The minimum atomic E-state index is -0.660. The van der Waals surface area contributed by atoms with Gasteiger partial charge >= 0.3 is 0 Å². The molecule has 0 saturated heterocycles. The van der Waals surface area contributed by atoms with Crippen molar-refractivity contribution in [3.05, 3.63) is 64.9 Å². The molecule has 0 aliphatic heterocycles. The van der Waals surface area contributed by atoms with Crippen LogP contribution in [0, 0.1) is 5.82 Å². The molecule has 126 valence electrons. The van der Waals surface area contributed by atoms with Gasteiger partial charge in [0.1, 0.15) is 24.3 Å². The van der Waals surface area contributed by atoms with Gasteiger partial charge in [-0.05, 0) is 48.9 Å². The maximum absolute atomic E-state index is 12.8. The molecule has 0 aliphatic carbocycles. The Morgan fingerprint density at radius 2 is 1.91 bits per heavy atom. The van der Waals surface area contributed by atoms with E-state index >= 15 is 0 Å². The molecule has 0 spiro atoms. The molecule has 2 aromatic rings. The molecule has 0 radical (unpaired) electrons. The van der Waals surface area contributed by atoms with Crippen molar-refractivity contribution in [3.8, 4) is 5.75 Å². The third kappa shape index (κ3) is 6.75. The summed E-state index contributed by atoms with van der Waals surface area (Å²) in [4.78, 5) is 0. The Hall–Kier alpha value is -1.33. The second-order valence-corrected chi connectivity index (χ2v) is 5.54. The maximum Gasteiger partial charge on any atom is 0.123 e. The van der Waals surface area contributed by atoms with Crippen molar-refractivity contribution >= 4 is 24.0 Å². The highest BCUT2D eigenvalue weighted by Crippen LogP contribution is 2.17. The van der Waals surface area contributed by atoms with Gasteiger partial charge < -0.3 is 15.2 Å². The van der Waals surface area contributed by atoms with Crippen LogP contribution >= 0.6 is 24.0 Å². The van der Waals surface area contributed by atoms with Gasteiger partial charge in [0.15, 0.2) is 0 Å². The van der Waals surface area contributed by atoms with E-state index in [0.29, 0.717) is 17.3 Å². The fraction of sp³-hybridized carbons (Fsp3) is 0.294. The predicted molar refractivity (Wildman–Crippen MR) is 93.0 cm³/mol. The fourth-order valence-corrected chi connectivity index (χ4v) is 2.19. The summed E-state index contributed by atoms with van der Waals surface area (Å²) in [5.41, 5.74) is 1.05. The topological polar surface area (TPSA) is 41.5 Å². The van der Waals surface area contributed by atoms with Crippen LogP contribution in [0.2, 0.25) is 5.02 Å². The van der Waals surface area contributed by atoms with Crippen LogP contribution in [0.3, 0.4) is 0 Å². The molecule has 6 heteroatoms. The van der Waals surface area contributed by atoms with Gasteiger partial charge in [-0.3, -0.25) is 0 Å². The molecule has 2 rings (SSSR count). The summed E-state index contributed by atoms with van der Waals surface area (Å²) in [6, 6.07) is 13.4. The molecule has 2 atom stereocenters. The lowest BCUT2D eigenvalue weighted by atomic mass is 10.1. The van der Waals surface area contributed by atoms with Crippen LogP contribution in [0.15, 0.2) is 48.5 Å². The van der Waals surface area contributed by atoms with Gasteiger partial charge in [0.25, 0.3) is 0 Å². The number of aliphatic hydroxyl groups is 1. The molecule has 0 aliphatic rings. The standard InChI is InChI=1S/C17H19ClFNO2.ClH/c1-12(13-3-2-4-14(18)9-13)20-10-16(21)11-22-17-7-5-15(19)6-8-17;/h2-9,12,16,20-21H,10-11H2,1H3;1H. The number of ether oxygens (including phenoxy) is 1. The lowest BCUT2D eigenvalue weighted by molar-refractivity contribution is 0.104. The number of hydrogen-bond donors (Lipinski definition) is 2. The largest absolute Gasteiger partial charge is 0.491 e. The third-order valence-electron chi connectivity index (χ3n) is 3.26. The summed E-state index contributed by atoms with van der Waals surface area (Å²) in [7, 11) is 0. The molecular formula is C17H20Cl2FNO2. The Kier molecular flexibility index (Phi) is 8.34. The number of nitrogens with one attached hydrogen (secondary N) is 1. The minimum absolute atomic E-state index is 0. The normalized spacial score (nSPS) is 13.0. The van der Waals surface area contributed by atoms with Crippen LogP contribution < -0.4 is 10.1 Å². The molecule has 0 bridgehead atoms. The smallest absolute Gasteiger partial charge is 0.123 e. The highest BCUT2D eigenvalue weighted by molar-refractivity contribution is 6.30. The van der Waals surface area contributed by atoms with Gasteiger partial charge in [-0.2, -0.15) is 0 Å². The molecule has 3 nitrogen and oxygen atoms in total. The second kappa shape index (κ2) is 9.73. The summed E-state index contributed by atoms with van der Waals surface area (Å²) in [5.74, 6) is 0.216. The van der Waals surface area contributed by atoms with Crippen molar-refractivity contribution < 1.29 is 14.2 Å². The number of aliphatic hydroxyl groups excluding tert-OH is 1. The van der Waals surface area contributed by atoms with Crippen molar-refractivity contribution in [3.63, 3.8) is 0 Å². The number of benzene rings is 2. The first kappa shape index (κ1) is 19.7. The van der Waals surface area contributed by atoms with E-state index in [4.69, 9.17) is 16.3 Å². The molecule has 0 saturated carbocycles. The van der Waals surface area contributed by atoms with Crippen molar-refractivity contribution in [2.75, 3.05) is 13.2 Å². The van der Waals surface area contributed by atoms with Gasteiger partial charge in [0.05, 0.1) is 0 Å². The molecule has 2 aromatic carbocycles. The van der Waals surface area contributed by atoms with Crippen molar-refractivity contribution in [2.24, 2.45) is 0 Å². The quantitative estimate of drug-likeness (QED) is 0.785. The Labute approximate surface area is 146 Å². The monoisotopic (exact) mass is 359 g/mol. The minimum Gasteiger partial charge on any atom is -0.491 e. The lowest BCUT2D eigenvalue weighted by Crippen LogP contribution is -2.33. The van der Waals surface area contributed by atoms with E-state index in [1.165, 1.54) is 24.3 Å². The molecule has 0 aromatic heterocycles. The van der Waals surface area contributed by atoms with Crippen LogP contribution in [-0.2, 0) is 0 Å². The van der Waals surface area contributed by atoms with E-state index in [9.17, 15) is 9.50 Å². The maximum atomic E-state index is 12.8. The van der Waals surface area contributed by atoms with E-state index in [-0.39, 0.29) is 30.9 Å². The zero-order chi connectivity index (χ0) is 15.9. The molecule has 0 fully saturated rings. The summed E-state index contributed by atoms with van der Waals surface area (Å²) in [6.07, 6.45) is -0.660. The number of rotatable bonds is 7. The molecular weight excluding hydrogens is 340 g/mol. The highest BCUT2D eigenvalue weighted by Gasteiger charge is 2.10. The number of hydrogen-bond acceptors (Lipinski definition) is 3. The van der Waals surface area contributed by atoms with E-state index in [1.807, 2.05) is 31.2 Å². The summed E-state index contributed by atoms with van der Waals surface area (Å²) >= 11 is 5.96. The zero-order valence-corrected chi connectivity index (χ0v) is 14.3. The Morgan fingerprint density at radius 3 is 2.57 bits per heavy atom. The second-order valence-electron chi connectivity index (χ2n) is 5.10. The highest BCUT2D eigenvalue weighted by atomic mass is 35.5.